The summed E-state index contributed by atoms with van der Waals surface area (Å²) in [6.45, 7) is 1.93. The molecule has 0 aliphatic heterocycles. The maximum atomic E-state index is 12.9. The van der Waals surface area contributed by atoms with Crippen LogP contribution in [-0.2, 0) is 14.9 Å². The first-order valence-electron chi connectivity index (χ1n) is 12.6. The lowest BCUT2D eigenvalue weighted by Crippen LogP contribution is -2.57. The molecule has 0 amide bonds. The molecule has 6 heteroatoms. The molecule has 0 radical (unpaired) electrons. The Bertz CT molecular complexity index is 558. The van der Waals surface area contributed by atoms with Gasteiger partial charge >= 0.3 is 0 Å². The highest BCUT2D eigenvalue weighted by molar-refractivity contribution is 7.88. The molecule has 1 aliphatic carbocycles. The Morgan fingerprint density at radius 3 is 1.67 bits per heavy atom. The molecular weight excluding hydrogens is 398 g/mol. The van der Waals surface area contributed by atoms with E-state index >= 15 is 0 Å². The van der Waals surface area contributed by atoms with Crippen molar-refractivity contribution < 1.29 is 17.8 Å². The Balaban J connectivity index is 2.25. The fourth-order valence-electron chi connectivity index (χ4n) is 5.05. The van der Waals surface area contributed by atoms with Gasteiger partial charge in [0.1, 0.15) is 0 Å². The molecule has 3 N–H and O–H groups in total. The molecule has 1 saturated carbocycles. The first kappa shape index (κ1) is 27.6. The van der Waals surface area contributed by atoms with Crippen LogP contribution in [-0.4, -0.2) is 30.0 Å². The summed E-state index contributed by atoms with van der Waals surface area (Å²) in [5.41, 5.74) is 5.81. The molecule has 5 nitrogen and oxygen atoms in total. The summed E-state index contributed by atoms with van der Waals surface area (Å²) in [6, 6.07) is 0. The maximum Gasteiger partial charge on any atom is 0.279 e. The average molecular weight is 446 g/mol. The van der Waals surface area contributed by atoms with Crippen LogP contribution in [0.2, 0.25) is 0 Å². The first-order valence-corrected chi connectivity index (χ1v) is 14.0. The van der Waals surface area contributed by atoms with Gasteiger partial charge in [0.15, 0.2) is 10.5 Å². The van der Waals surface area contributed by atoms with E-state index in [0.29, 0.717) is 19.3 Å². The summed E-state index contributed by atoms with van der Waals surface area (Å²) in [5.74, 6) is -0.719. The molecule has 1 aliphatic rings. The van der Waals surface area contributed by atoms with Crippen molar-refractivity contribution in [3.05, 3.63) is 0 Å². The van der Waals surface area contributed by atoms with Crippen LogP contribution >= 0.6 is 0 Å². The fraction of sp³-hybridized carbons (Fsp3) is 0.958. The highest BCUT2D eigenvalue weighted by Gasteiger charge is 2.53. The molecule has 30 heavy (non-hydrogen) atoms. The third-order valence-corrected chi connectivity index (χ3v) is 8.66. The Labute approximate surface area is 185 Å². The van der Waals surface area contributed by atoms with Gasteiger partial charge in [0.2, 0.25) is 0 Å². The van der Waals surface area contributed by atoms with E-state index in [0.717, 1.165) is 32.1 Å². The van der Waals surface area contributed by atoms with Crippen LogP contribution in [0.15, 0.2) is 0 Å². The van der Waals surface area contributed by atoms with Gasteiger partial charge in [-0.2, -0.15) is 8.42 Å². The SMILES string of the molecule is CCCCCCCCCCCCCCCC(=O)C(CN)(C1CCCCC1)S(=O)(=O)O. The number of hydrogen-bond donors (Lipinski definition) is 2. The van der Waals surface area contributed by atoms with Crippen LogP contribution in [0.1, 0.15) is 129 Å². The van der Waals surface area contributed by atoms with Gasteiger partial charge in [-0.3, -0.25) is 9.35 Å². The normalized spacial score (nSPS) is 17.7. The molecule has 0 spiro atoms. The quantitative estimate of drug-likeness (QED) is 0.193. The van der Waals surface area contributed by atoms with Gasteiger partial charge in [-0.05, 0) is 25.2 Å². The van der Waals surface area contributed by atoms with Crippen LogP contribution in [0.25, 0.3) is 0 Å². The number of rotatable bonds is 18. The molecule has 0 heterocycles. The van der Waals surface area contributed by atoms with Crippen molar-refractivity contribution in [2.24, 2.45) is 11.7 Å². The standard InChI is InChI=1S/C24H47NO4S/c1-2-3-4-5-6-7-8-9-10-11-12-13-17-20-23(26)24(21-25,30(27,28)29)22-18-15-14-16-19-22/h22H,2-21,25H2,1H3,(H,27,28,29). The van der Waals surface area contributed by atoms with Gasteiger partial charge in [-0.15, -0.1) is 0 Å². The van der Waals surface area contributed by atoms with E-state index in [-0.39, 0.29) is 24.7 Å². The van der Waals surface area contributed by atoms with Crippen molar-refractivity contribution in [2.45, 2.75) is 134 Å². The van der Waals surface area contributed by atoms with Gasteiger partial charge < -0.3 is 5.73 Å². The fourth-order valence-corrected chi connectivity index (χ4v) is 6.31. The van der Waals surface area contributed by atoms with E-state index in [1.54, 1.807) is 0 Å². The molecule has 1 atom stereocenters. The lowest BCUT2D eigenvalue weighted by Gasteiger charge is -2.38. The van der Waals surface area contributed by atoms with Crippen molar-refractivity contribution in [2.75, 3.05) is 6.54 Å². The summed E-state index contributed by atoms with van der Waals surface area (Å²) in [4.78, 5) is 12.9. The minimum Gasteiger partial charge on any atom is -0.328 e. The smallest absolute Gasteiger partial charge is 0.279 e. The van der Waals surface area contributed by atoms with Crippen molar-refractivity contribution in [1.82, 2.24) is 0 Å². The van der Waals surface area contributed by atoms with Crippen LogP contribution in [0, 0.1) is 5.92 Å². The van der Waals surface area contributed by atoms with E-state index in [9.17, 15) is 17.8 Å². The zero-order valence-corrected chi connectivity index (χ0v) is 20.2. The van der Waals surface area contributed by atoms with Gasteiger partial charge in [-0.25, -0.2) is 0 Å². The van der Waals surface area contributed by atoms with E-state index in [4.69, 9.17) is 5.73 Å². The lowest BCUT2D eigenvalue weighted by atomic mass is 9.76. The second-order valence-corrected chi connectivity index (χ2v) is 11.0. The number of nitrogens with two attached hydrogens (primary N) is 1. The summed E-state index contributed by atoms with van der Waals surface area (Å²) in [5, 5.41) is 0. The summed E-state index contributed by atoms with van der Waals surface area (Å²) < 4.78 is 32.6. The topological polar surface area (TPSA) is 97.5 Å². The summed E-state index contributed by atoms with van der Waals surface area (Å²) in [7, 11) is -4.52. The van der Waals surface area contributed by atoms with Crippen LogP contribution in [0.4, 0.5) is 0 Å². The largest absolute Gasteiger partial charge is 0.328 e. The third kappa shape index (κ3) is 8.96. The number of Topliss-reactive ketones (excluding diaryl/α,β-unsaturated/α-hetero) is 1. The average Bonchev–Trinajstić information content (AvgIpc) is 2.72. The molecule has 0 aromatic heterocycles. The van der Waals surface area contributed by atoms with E-state index in [1.165, 1.54) is 64.2 Å². The Morgan fingerprint density at radius 2 is 1.27 bits per heavy atom. The predicted octanol–water partition coefficient (Wildman–Crippen LogP) is 6.20. The number of ketones is 1. The van der Waals surface area contributed by atoms with Crippen molar-refractivity contribution >= 4 is 15.9 Å². The lowest BCUT2D eigenvalue weighted by molar-refractivity contribution is -0.123. The second-order valence-electron chi connectivity index (χ2n) is 9.32. The molecule has 0 aromatic carbocycles. The zero-order valence-electron chi connectivity index (χ0n) is 19.4. The Hall–Kier alpha value is -0.460. The minimum absolute atomic E-state index is 0.200. The Morgan fingerprint density at radius 1 is 0.833 bits per heavy atom. The third-order valence-electron chi connectivity index (χ3n) is 7.01. The molecule has 0 aromatic rings. The van der Waals surface area contributed by atoms with E-state index in [2.05, 4.69) is 6.92 Å². The van der Waals surface area contributed by atoms with Gasteiger partial charge in [0, 0.05) is 13.0 Å². The number of hydrogen-bond acceptors (Lipinski definition) is 4. The Kier molecular flexibility index (Phi) is 14.1. The number of unbranched alkanes of at least 4 members (excludes halogenated alkanes) is 12. The predicted molar refractivity (Wildman–Crippen MR) is 125 cm³/mol. The van der Waals surface area contributed by atoms with Crippen molar-refractivity contribution in [3.8, 4) is 0 Å². The number of carbonyl (C=O) groups excluding carboxylic acids is 1. The highest BCUT2D eigenvalue weighted by Crippen LogP contribution is 2.38. The monoisotopic (exact) mass is 445 g/mol. The zero-order chi connectivity index (χ0) is 22.3. The van der Waals surface area contributed by atoms with Crippen LogP contribution < -0.4 is 5.73 Å². The molecule has 0 saturated heterocycles. The van der Waals surface area contributed by atoms with Crippen molar-refractivity contribution in [3.63, 3.8) is 0 Å². The van der Waals surface area contributed by atoms with Crippen LogP contribution in [0.5, 0.6) is 0 Å². The number of carbonyl (C=O) groups is 1. The minimum atomic E-state index is -4.52. The van der Waals surface area contributed by atoms with Gasteiger partial charge in [0.25, 0.3) is 10.1 Å². The van der Waals surface area contributed by atoms with Gasteiger partial charge in [-0.1, -0.05) is 103 Å². The van der Waals surface area contributed by atoms with E-state index in [1.807, 2.05) is 0 Å². The molecular formula is C24H47NO4S. The molecule has 178 valence electrons. The van der Waals surface area contributed by atoms with Crippen molar-refractivity contribution in [1.29, 1.82) is 0 Å². The molecule has 1 rings (SSSR count). The first-order chi connectivity index (χ1) is 14.4. The maximum absolute atomic E-state index is 12.9. The molecule has 1 unspecified atom stereocenters. The van der Waals surface area contributed by atoms with Crippen LogP contribution in [0.3, 0.4) is 0 Å². The highest BCUT2D eigenvalue weighted by atomic mass is 32.2. The van der Waals surface area contributed by atoms with Gasteiger partial charge in [0.05, 0.1) is 0 Å². The summed E-state index contributed by atoms with van der Waals surface area (Å²) >= 11 is 0. The molecule has 0 bridgehead atoms. The summed E-state index contributed by atoms with van der Waals surface area (Å²) in [6.07, 6.45) is 20.2. The van der Waals surface area contributed by atoms with E-state index < -0.39 is 14.9 Å². The second kappa shape index (κ2) is 15.4. The molecule has 1 fully saturated rings.